The Hall–Kier alpha value is -4.87. The van der Waals surface area contributed by atoms with Crippen molar-refractivity contribution in [1.29, 1.82) is 0 Å². The SMILES string of the molecule is CNc1nc2sc(NC)c(NC)c2c(-c2ccccc2)c1C(C)C(=O)C(C)c1c(NC)nc2sc(NC)c(NC)c2c1-c1ccccc1. The van der Waals surface area contributed by atoms with Crippen molar-refractivity contribution in [3.05, 3.63) is 71.8 Å². The number of ketones is 1. The highest BCUT2D eigenvalue weighted by atomic mass is 32.1. The van der Waals surface area contributed by atoms with E-state index in [9.17, 15) is 0 Å². The van der Waals surface area contributed by atoms with E-state index in [1.165, 1.54) is 0 Å². The first-order valence-electron chi connectivity index (χ1n) is 16.0. The lowest BCUT2D eigenvalue weighted by Gasteiger charge is -2.26. The molecule has 0 amide bonds. The molecule has 9 nitrogen and oxygen atoms in total. The maximum atomic E-state index is 15.1. The summed E-state index contributed by atoms with van der Waals surface area (Å²) in [7, 11) is 11.4. The number of hydrogen-bond donors (Lipinski definition) is 6. The smallest absolute Gasteiger partial charge is 0.147 e. The number of rotatable bonds is 12. The third kappa shape index (κ3) is 5.36. The number of fused-ring (bicyclic) bond motifs is 2. The maximum Gasteiger partial charge on any atom is 0.147 e. The summed E-state index contributed by atoms with van der Waals surface area (Å²) in [5.74, 6) is 0.437. The Kier molecular flexibility index (Phi) is 9.43. The second-order valence-electron chi connectivity index (χ2n) is 11.5. The highest BCUT2D eigenvalue weighted by Crippen LogP contribution is 2.51. The monoisotopic (exact) mass is 678 g/mol. The zero-order valence-electron chi connectivity index (χ0n) is 28.5. The molecule has 6 rings (SSSR count). The van der Waals surface area contributed by atoms with E-state index in [0.29, 0.717) is 11.6 Å². The average molecular weight is 679 g/mol. The van der Waals surface area contributed by atoms with Gasteiger partial charge in [-0.3, -0.25) is 4.79 Å². The summed E-state index contributed by atoms with van der Waals surface area (Å²) in [5.41, 5.74) is 7.74. The Morgan fingerprint density at radius 2 is 0.938 bits per heavy atom. The Bertz CT molecular complexity index is 1960. The molecule has 0 aliphatic carbocycles. The molecule has 248 valence electrons. The van der Waals surface area contributed by atoms with Crippen LogP contribution in [0.25, 0.3) is 42.7 Å². The van der Waals surface area contributed by atoms with Gasteiger partial charge < -0.3 is 31.9 Å². The fraction of sp³-hybridized carbons (Fsp3) is 0.270. The molecule has 0 bridgehead atoms. The van der Waals surface area contributed by atoms with Crippen molar-refractivity contribution in [2.75, 3.05) is 74.2 Å². The van der Waals surface area contributed by atoms with Gasteiger partial charge in [-0.2, -0.15) is 0 Å². The highest BCUT2D eigenvalue weighted by Gasteiger charge is 2.34. The third-order valence-corrected chi connectivity index (χ3v) is 11.2. The summed E-state index contributed by atoms with van der Waals surface area (Å²) in [5, 5.41) is 24.2. The first-order chi connectivity index (χ1) is 23.3. The molecule has 0 spiro atoms. The number of hydrogen-bond acceptors (Lipinski definition) is 11. The molecule has 0 fully saturated rings. The van der Waals surface area contributed by atoms with E-state index in [1.807, 2.05) is 92.5 Å². The topological polar surface area (TPSA) is 115 Å². The van der Waals surface area contributed by atoms with E-state index in [1.54, 1.807) is 22.7 Å². The molecular formula is C37H42N8OS2. The van der Waals surface area contributed by atoms with Gasteiger partial charge in [0, 0.05) is 87.1 Å². The van der Waals surface area contributed by atoms with E-state index in [2.05, 4.69) is 56.2 Å². The molecule has 6 N–H and O–H groups in total. The minimum absolute atomic E-state index is 0.0739. The van der Waals surface area contributed by atoms with E-state index >= 15 is 4.79 Å². The van der Waals surface area contributed by atoms with E-state index in [-0.39, 0.29) is 5.78 Å². The fourth-order valence-corrected chi connectivity index (χ4v) is 8.90. The van der Waals surface area contributed by atoms with Crippen molar-refractivity contribution in [2.45, 2.75) is 25.7 Å². The Labute approximate surface area is 289 Å². The molecular weight excluding hydrogens is 637 g/mol. The van der Waals surface area contributed by atoms with Crippen molar-refractivity contribution >= 4 is 81.9 Å². The van der Waals surface area contributed by atoms with E-state index < -0.39 is 11.8 Å². The van der Waals surface area contributed by atoms with Crippen LogP contribution in [0.5, 0.6) is 0 Å². The molecule has 0 aliphatic heterocycles. The Morgan fingerprint density at radius 3 is 1.25 bits per heavy atom. The van der Waals surface area contributed by atoms with Gasteiger partial charge >= 0.3 is 0 Å². The van der Waals surface area contributed by atoms with Crippen LogP contribution in [0.4, 0.5) is 33.0 Å². The summed E-state index contributed by atoms with van der Waals surface area (Å²) in [6.07, 6.45) is 0. The summed E-state index contributed by atoms with van der Waals surface area (Å²) < 4.78 is 0. The first-order valence-corrected chi connectivity index (χ1v) is 17.7. The van der Waals surface area contributed by atoms with Gasteiger partial charge in [0.05, 0.1) is 11.4 Å². The summed E-state index contributed by atoms with van der Waals surface area (Å²) in [4.78, 5) is 27.1. The van der Waals surface area contributed by atoms with Gasteiger partial charge in [-0.05, 0) is 11.1 Å². The van der Waals surface area contributed by atoms with E-state index in [0.717, 1.165) is 75.2 Å². The molecule has 11 heteroatoms. The van der Waals surface area contributed by atoms with Gasteiger partial charge in [0.2, 0.25) is 0 Å². The second kappa shape index (κ2) is 13.7. The predicted molar refractivity (Wildman–Crippen MR) is 209 cm³/mol. The van der Waals surface area contributed by atoms with Crippen LogP contribution in [0.1, 0.15) is 36.8 Å². The second-order valence-corrected chi connectivity index (χ2v) is 13.5. The zero-order chi connectivity index (χ0) is 34.1. The molecule has 2 aromatic carbocycles. The molecule has 0 saturated heterocycles. The molecule has 0 aliphatic rings. The number of pyridine rings is 2. The van der Waals surface area contributed by atoms with Crippen molar-refractivity contribution in [1.82, 2.24) is 9.97 Å². The predicted octanol–water partition coefficient (Wildman–Crippen LogP) is 8.97. The molecule has 48 heavy (non-hydrogen) atoms. The van der Waals surface area contributed by atoms with Crippen LogP contribution in [0, 0.1) is 0 Å². The molecule has 0 radical (unpaired) electrons. The number of thiophene rings is 2. The van der Waals surface area contributed by atoms with E-state index in [4.69, 9.17) is 9.97 Å². The van der Waals surface area contributed by atoms with Crippen LogP contribution in [0.2, 0.25) is 0 Å². The summed E-state index contributed by atoms with van der Waals surface area (Å²) in [6.45, 7) is 4.02. The van der Waals surface area contributed by atoms with Gasteiger partial charge in [0.1, 0.15) is 37.1 Å². The van der Waals surface area contributed by atoms with Crippen LogP contribution in [0.15, 0.2) is 60.7 Å². The maximum absolute atomic E-state index is 15.1. The largest absolute Gasteiger partial charge is 0.385 e. The lowest BCUT2D eigenvalue weighted by Crippen LogP contribution is -2.21. The Morgan fingerprint density at radius 1 is 0.562 bits per heavy atom. The molecule has 4 heterocycles. The van der Waals surface area contributed by atoms with Crippen molar-refractivity contribution in [2.24, 2.45) is 0 Å². The van der Waals surface area contributed by atoms with Crippen LogP contribution < -0.4 is 31.9 Å². The van der Waals surface area contributed by atoms with Crippen molar-refractivity contribution in [3.8, 4) is 22.3 Å². The lowest BCUT2D eigenvalue weighted by atomic mass is 9.80. The molecule has 6 aromatic rings. The number of anilines is 6. The van der Waals surface area contributed by atoms with Gasteiger partial charge in [-0.15, -0.1) is 0 Å². The number of carbonyl (C=O) groups is 1. The van der Waals surface area contributed by atoms with Gasteiger partial charge in [-0.25, -0.2) is 9.97 Å². The lowest BCUT2D eigenvalue weighted by molar-refractivity contribution is -0.121. The molecule has 2 atom stereocenters. The quantitative estimate of drug-likeness (QED) is 0.0755. The average Bonchev–Trinajstić information content (AvgIpc) is 3.69. The molecule has 0 saturated carbocycles. The molecule has 2 unspecified atom stereocenters. The first kappa shape index (κ1) is 33.0. The number of Topliss-reactive ketones (excluding diaryl/α,β-unsaturated/α-hetero) is 1. The van der Waals surface area contributed by atoms with Crippen LogP contribution >= 0.6 is 22.7 Å². The van der Waals surface area contributed by atoms with Crippen molar-refractivity contribution in [3.63, 3.8) is 0 Å². The number of benzene rings is 2. The minimum Gasteiger partial charge on any atom is -0.385 e. The van der Waals surface area contributed by atoms with Gasteiger partial charge in [0.25, 0.3) is 0 Å². The summed E-state index contributed by atoms with van der Waals surface area (Å²) >= 11 is 3.19. The zero-order valence-corrected chi connectivity index (χ0v) is 30.2. The highest BCUT2D eigenvalue weighted by molar-refractivity contribution is 7.23. The number of nitrogens with one attached hydrogen (secondary N) is 6. The number of nitrogens with zero attached hydrogens (tertiary/aromatic N) is 2. The van der Waals surface area contributed by atoms with Crippen LogP contribution in [-0.2, 0) is 4.79 Å². The minimum atomic E-state index is -0.514. The third-order valence-electron chi connectivity index (χ3n) is 9.03. The normalized spacial score (nSPS) is 12.5. The number of aromatic nitrogens is 2. The van der Waals surface area contributed by atoms with Gasteiger partial charge in [0.15, 0.2) is 0 Å². The van der Waals surface area contributed by atoms with Gasteiger partial charge in [-0.1, -0.05) is 97.2 Å². The Balaban J connectivity index is 1.62. The van der Waals surface area contributed by atoms with Crippen LogP contribution in [0.3, 0.4) is 0 Å². The summed E-state index contributed by atoms with van der Waals surface area (Å²) in [6, 6.07) is 20.6. The van der Waals surface area contributed by atoms with Crippen LogP contribution in [-0.4, -0.2) is 58.0 Å². The standard InChI is InChI=1S/C37H42N8OS2/c1-19(23-25(21-15-11-9-12-16-21)27-29(38-3)36(42-7)47-34(27)44-32(23)40-5)31(46)20(2)24-26(22-17-13-10-14-18-22)28-30(39-4)37(43-8)48-35(28)45-33(24)41-6/h9-20,38-39,42-43H,1-8H3,(H,40,44)(H,41,45). The fourth-order valence-electron chi connectivity index (χ4n) is 6.81. The molecule has 4 aromatic heterocycles. The number of carbonyl (C=O) groups excluding carboxylic acids is 1. The van der Waals surface area contributed by atoms with Crippen molar-refractivity contribution < 1.29 is 4.79 Å².